The molecule has 1 aromatic rings. The zero-order chi connectivity index (χ0) is 15.9. The van der Waals surface area contributed by atoms with Gasteiger partial charge in [-0.1, -0.05) is 30.2 Å². The van der Waals surface area contributed by atoms with E-state index in [9.17, 15) is 0 Å². The fourth-order valence-electron chi connectivity index (χ4n) is 3.03. The Kier molecular flexibility index (Phi) is 6.78. The van der Waals surface area contributed by atoms with Crippen LogP contribution in [-0.4, -0.2) is 37.6 Å². The number of hydrogen-bond donors (Lipinski definition) is 0. The number of halogens is 1. The molecule has 122 valence electrons. The van der Waals surface area contributed by atoms with E-state index >= 15 is 0 Å². The van der Waals surface area contributed by atoms with Crippen LogP contribution in [0.5, 0.6) is 0 Å². The van der Waals surface area contributed by atoms with Crippen molar-refractivity contribution in [1.29, 1.82) is 0 Å². The normalized spacial score (nSPS) is 17.4. The molecular weight excluding hydrogens is 292 g/mol. The third-order valence-electron chi connectivity index (χ3n) is 4.35. The highest BCUT2D eigenvalue weighted by Gasteiger charge is 2.18. The first kappa shape index (κ1) is 17.4. The summed E-state index contributed by atoms with van der Waals surface area (Å²) in [5.74, 6) is 0.776. The highest BCUT2D eigenvalue weighted by atomic mass is 35.5. The van der Waals surface area contributed by atoms with Crippen LogP contribution in [0.25, 0.3) is 0 Å². The quantitative estimate of drug-likeness (QED) is 0.692. The fraction of sp³-hybridized carbons (Fsp3) is 0.579. The summed E-state index contributed by atoms with van der Waals surface area (Å²) in [5.41, 5.74) is 2.73. The molecule has 0 bridgehead atoms. The lowest BCUT2D eigenvalue weighted by atomic mass is 10.0. The van der Waals surface area contributed by atoms with Crippen LogP contribution >= 0.6 is 11.6 Å². The van der Waals surface area contributed by atoms with Crippen molar-refractivity contribution in [2.24, 2.45) is 5.92 Å². The predicted octanol–water partition coefficient (Wildman–Crippen LogP) is 4.84. The minimum Gasteiger partial charge on any atom is -0.369 e. The Morgan fingerprint density at radius 1 is 1.14 bits per heavy atom. The maximum atomic E-state index is 5.96. The van der Waals surface area contributed by atoms with Gasteiger partial charge in [0.25, 0.3) is 0 Å². The molecule has 0 aliphatic carbocycles. The molecule has 1 atom stereocenters. The Balaban J connectivity index is 1.72. The molecule has 3 heteroatoms. The lowest BCUT2D eigenvalue weighted by molar-refractivity contribution is 0.220. The van der Waals surface area contributed by atoms with E-state index in [1.165, 1.54) is 30.6 Å². The number of nitrogens with zero attached hydrogens (tertiary/aromatic N) is 2. The molecule has 0 unspecified atom stereocenters. The van der Waals surface area contributed by atoms with Gasteiger partial charge in [0.05, 0.1) is 0 Å². The van der Waals surface area contributed by atoms with Crippen LogP contribution in [0.1, 0.15) is 33.6 Å². The van der Waals surface area contributed by atoms with E-state index in [0.717, 1.165) is 37.1 Å². The summed E-state index contributed by atoms with van der Waals surface area (Å²) in [6, 6.07) is 8.21. The zero-order valence-corrected chi connectivity index (χ0v) is 14.9. The van der Waals surface area contributed by atoms with E-state index in [-0.39, 0.29) is 0 Å². The van der Waals surface area contributed by atoms with Crippen LogP contribution < -0.4 is 4.90 Å². The van der Waals surface area contributed by atoms with Gasteiger partial charge in [-0.05, 0) is 56.9 Å². The average molecular weight is 321 g/mol. The predicted molar refractivity (Wildman–Crippen MR) is 97.9 cm³/mol. The summed E-state index contributed by atoms with van der Waals surface area (Å²) in [7, 11) is 0. The standard InChI is InChI=1S/C19H29ClN2/c1-16(2)5-4-6-17(3)15-21-11-13-22(14-12-21)19-9-7-18(20)8-10-19/h5,7-10,17H,4,6,11-15H2,1-3H3/t17-/m1/s1. The lowest BCUT2D eigenvalue weighted by Crippen LogP contribution is -2.47. The molecule has 0 N–H and O–H groups in total. The summed E-state index contributed by atoms with van der Waals surface area (Å²) >= 11 is 5.96. The van der Waals surface area contributed by atoms with Gasteiger partial charge in [-0.25, -0.2) is 0 Å². The second-order valence-corrected chi connectivity index (χ2v) is 7.16. The van der Waals surface area contributed by atoms with E-state index in [1.807, 2.05) is 12.1 Å². The molecule has 2 nitrogen and oxygen atoms in total. The van der Waals surface area contributed by atoms with Crippen molar-refractivity contribution >= 4 is 17.3 Å². The van der Waals surface area contributed by atoms with Crippen LogP contribution in [-0.2, 0) is 0 Å². The van der Waals surface area contributed by atoms with Crippen molar-refractivity contribution in [3.05, 3.63) is 40.9 Å². The second-order valence-electron chi connectivity index (χ2n) is 6.73. The Hall–Kier alpha value is -0.990. The van der Waals surface area contributed by atoms with Crippen LogP contribution in [0.15, 0.2) is 35.9 Å². The molecule has 2 rings (SSSR count). The Morgan fingerprint density at radius 3 is 2.36 bits per heavy atom. The van der Waals surface area contributed by atoms with Crippen molar-refractivity contribution in [2.75, 3.05) is 37.6 Å². The Morgan fingerprint density at radius 2 is 1.77 bits per heavy atom. The SMILES string of the molecule is CC(C)=CCC[C@@H](C)CN1CCN(c2ccc(Cl)cc2)CC1. The van der Waals surface area contributed by atoms with Gasteiger partial charge in [0.15, 0.2) is 0 Å². The first-order valence-corrected chi connectivity index (χ1v) is 8.78. The van der Waals surface area contributed by atoms with Crippen LogP contribution in [0.3, 0.4) is 0 Å². The molecule has 1 aromatic carbocycles. The summed E-state index contributed by atoms with van der Waals surface area (Å²) in [6.07, 6.45) is 4.87. The molecular formula is C19H29ClN2. The van der Waals surface area contributed by atoms with E-state index in [1.54, 1.807) is 0 Å². The van der Waals surface area contributed by atoms with Crippen LogP contribution in [0, 0.1) is 5.92 Å². The maximum Gasteiger partial charge on any atom is 0.0407 e. The van der Waals surface area contributed by atoms with Crippen molar-refractivity contribution in [3.63, 3.8) is 0 Å². The monoisotopic (exact) mass is 320 g/mol. The third kappa shape index (κ3) is 5.66. The molecule has 1 saturated heterocycles. The first-order chi connectivity index (χ1) is 10.5. The van der Waals surface area contributed by atoms with Gasteiger partial charge >= 0.3 is 0 Å². The Bertz CT molecular complexity index is 469. The highest BCUT2D eigenvalue weighted by molar-refractivity contribution is 6.30. The maximum absolute atomic E-state index is 5.96. The smallest absolute Gasteiger partial charge is 0.0407 e. The summed E-state index contributed by atoms with van der Waals surface area (Å²) in [5, 5.41) is 0.813. The van der Waals surface area contributed by atoms with Gasteiger partial charge in [0, 0.05) is 43.4 Å². The summed E-state index contributed by atoms with van der Waals surface area (Å²) in [6.45, 7) is 12.5. The Labute approximate surface area is 140 Å². The molecule has 0 spiro atoms. The lowest BCUT2D eigenvalue weighted by Gasteiger charge is -2.37. The van der Waals surface area contributed by atoms with E-state index in [0.29, 0.717) is 0 Å². The molecule has 0 saturated carbocycles. The molecule has 22 heavy (non-hydrogen) atoms. The molecule has 0 radical (unpaired) electrons. The average Bonchev–Trinajstić information content (AvgIpc) is 2.48. The number of benzene rings is 1. The third-order valence-corrected chi connectivity index (χ3v) is 4.60. The van der Waals surface area contributed by atoms with Gasteiger partial charge in [-0.15, -0.1) is 0 Å². The molecule has 0 aromatic heterocycles. The van der Waals surface area contributed by atoms with Crippen molar-refractivity contribution < 1.29 is 0 Å². The topological polar surface area (TPSA) is 6.48 Å². The summed E-state index contributed by atoms with van der Waals surface area (Å²) in [4.78, 5) is 5.07. The zero-order valence-electron chi connectivity index (χ0n) is 14.2. The summed E-state index contributed by atoms with van der Waals surface area (Å²) < 4.78 is 0. The molecule has 1 aliphatic rings. The number of hydrogen-bond acceptors (Lipinski definition) is 2. The minimum absolute atomic E-state index is 0.776. The van der Waals surface area contributed by atoms with Gasteiger partial charge in [0.2, 0.25) is 0 Å². The second kappa shape index (κ2) is 8.59. The van der Waals surface area contributed by atoms with Crippen molar-refractivity contribution in [1.82, 2.24) is 4.90 Å². The van der Waals surface area contributed by atoms with Crippen LogP contribution in [0.2, 0.25) is 5.02 Å². The first-order valence-electron chi connectivity index (χ1n) is 8.41. The van der Waals surface area contributed by atoms with E-state index in [4.69, 9.17) is 11.6 Å². The van der Waals surface area contributed by atoms with Gasteiger partial charge in [-0.3, -0.25) is 4.90 Å². The molecule has 1 aliphatic heterocycles. The molecule has 1 fully saturated rings. The number of anilines is 1. The van der Waals surface area contributed by atoms with E-state index in [2.05, 4.69) is 48.8 Å². The minimum atomic E-state index is 0.776. The van der Waals surface area contributed by atoms with Gasteiger partial charge in [-0.2, -0.15) is 0 Å². The fourth-order valence-corrected chi connectivity index (χ4v) is 3.16. The van der Waals surface area contributed by atoms with Gasteiger partial charge < -0.3 is 4.90 Å². The van der Waals surface area contributed by atoms with Crippen LogP contribution in [0.4, 0.5) is 5.69 Å². The molecule has 1 heterocycles. The largest absolute Gasteiger partial charge is 0.369 e. The van der Waals surface area contributed by atoms with Crippen molar-refractivity contribution in [2.45, 2.75) is 33.6 Å². The number of allylic oxidation sites excluding steroid dienone is 2. The highest BCUT2D eigenvalue weighted by Crippen LogP contribution is 2.20. The number of rotatable bonds is 6. The van der Waals surface area contributed by atoms with Crippen molar-refractivity contribution in [3.8, 4) is 0 Å². The number of piperazine rings is 1. The van der Waals surface area contributed by atoms with Gasteiger partial charge in [0.1, 0.15) is 0 Å². The molecule has 0 amide bonds. The van der Waals surface area contributed by atoms with E-state index < -0.39 is 0 Å².